The van der Waals surface area contributed by atoms with Gasteiger partial charge >= 0.3 is 5.97 Å². The smallest absolute Gasteiger partial charge is 0.305 e. The van der Waals surface area contributed by atoms with Crippen LogP contribution in [0.1, 0.15) is 251 Å². The van der Waals surface area contributed by atoms with Gasteiger partial charge in [-0.15, -0.1) is 0 Å². The van der Waals surface area contributed by atoms with Crippen LogP contribution in [-0.4, -0.2) is 100 Å². The van der Waals surface area contributed by atoms with Crippen molar-refractivity contribution in [3.8, 4) is 0 Å². The van der Waals surface area contributed by atoms with E-state index >= 15 is 0 Å². The van der Waals surface area contributed by atoms with Gasteiger partial charge in [0.05, 0.1) is 32.0 Å². The van der Waals surface area contributed by atoms with Crippen molar-refractivity contribution in [2.24, 2.45) is 0 Å². The fraction of sp³-hybridized carbons (Fsp3) is 0.860. The van der Waals surface area contributed by atoms with Crippen molar-refractivity contribution in [3.63, 3.8) is 0 Å². The third-order valence-corrected chi connectivity index (χ3v) is 13.2. The van der Waals surface area contributed by atoms with Gasteiger partial charge in [0.25, 0.3) is 0 Å². The van der Waals surface area contributed by atoms with Gasteiger partial charge in [-0.2, -0.15) is 0 Å². The van der Waals surface area contributed by atoms with Crippen molar-refractivity contribution in [2.45, 2.75) is 294 Å². The highest BCUT2D eigenvalue weighted by Crippen LogP contribution is 2.23. The number of aliphatic hydroxyl groups is 5. The minimum Gasteiger partial charge on any atom is -0.466 e. The van der Waals surface area contributed by atoms with Gasteiger partial charge in [-0.3, -0.25) is 9.59 Å². The number of carbonyl (C=O) groups excluding carboxylic acids is 2. The van der Waals surface area contributed by atoms with Gasteiger partial charge in [0.2, 0.25) is 5.91 Å². The van der Waals surface area contributed by atoms with Crippen molar-refractivity contribution >= 4 is 11.9 Å². The molecule has 11 heteroatoms. The summed E-state index contributed by atoms with van der Waals surface area (Å²) in [5, 5.41) is 54.3. The molecule has 1 heterocycles. The van der Waals surface area contributed by atoms with Crippen molar-refractivity contribution in [1.29, 1.82) is 0 Å². The van der Waals surface area contributed by atoms with Gasteiger partial charge in [0, 0.05) is 12.8 Å². The number of hydrogen-bond donors (Lipinski definition) is 6. The van der Waals surface area contributed by atoms with Crippen LogP contribution >= 0.6 is 0 Å². The van der Waals surface area contributed by atoms with E-state index in [1.165, 1.54) is 141 Å². The highest BCUT2D eigenvalue weighted by atomic mass is 16.7. The van der Waals surface area contributed by atoms with Crippen LogP contribution in [0.25, 0.3) is 0 Å². The molecule has 1 fully saturated rings. The summed E-state index contributed by atoms with van der Waals surface area (Å²) in [5.41, 5.74) is 0. The van der Waals surface area contributed by atoms with Gasteiger partial charge < -0.3 is 45.1 Å². The number of unbranched alkanes of at least 4 members (excludes halogenated alkanes) is 30. The maximum absolute atomic E-state index is 13.0. The molecule has 0 saturated carbocycles. The number of allylic oxidation sites excluding steroid dienone is 5. The highest BCUT2D eigenvalue weighted by Gasteiger charge is 2.44. The quantitative estimate of drug-likeness (QED) is 0.0196. The number of aliphatic hydroxyl groups excluding tert-OH is 5. The van der Waals surface area contributed by atoms with Gasteiger partial charge in [-0.25, -0.2) is 0 Å². The second kappa shape index (κ2) is 47.2. The molecule has 1 aliphatic heterocycles. The molecule has 68 heavy (non-hydrogen) atoms. The van der Waals surface area contributed by atoms with Gasteiger partial charge in [-0.1, -0.05) is 204 Å². The predicted molar refractivity (Wildman–Crippen MR) is 278 cm³/mol. The van der Waals surface area contributed by atoms with E-state index in [0.717, 1.165) is 83.5 Å². The van der Waals surface area contributed by atoms with E-state index in [2.05, 4.69) is 43.5 Å². The Bertz CT molecular complexity index is 1230. The Hall–Kier alpha value is -2.12. The molecular weight excluding hydrogens is 859 g/mol. The van der Waals surface area contributed by atoms with Gasteiger partial charge in [-0.05, 0) is 70.6 Å². The molecule has 0 aromatic carbocycles. The van der Waals surface area contributed by atoms with Gasteiger partial charge in [0.1, 0.15) is 24.4 Å². The first-order valence-corrected chi connectivity index (χ1v) is 28.3. The minimum atomic E-state index is -1.58. The second-order valence-corrected chi connectivity index (χ2v) is 19.6. The zero-order chi connectivity index (χ0) is 49.6. The molecule has 0 spiro atoms. The zero-order valence-corrected chi connectivity index (χ0v) is 43.6. The molecule has 398 valence electrons. The fourth-order valence-corrected chi connectivity index (χ4v) is 8.68. The summed E-state index contributed by atoms with van der Waals surface area (Å²) in [5.74, 6) is -0.238. The second-order valence-electron chi connectivity index (χ2n) is 19.6. The first-order chi connectivity index (χ1) is 33.2. The molecule has 7 atom stereocenters. The van der Waals surface area contributed by atoms with Gasteiger partial charge in [0.15, 0.2) is 6.29 Å². The van der Waals surface area contributed by atoms with Crippen molar-refractivity contribution in [3.05, 3.63) is 36.5 Å². The SMILES string of the molecule is CCCCCCCCCC/C=C/CC/C=C/C(O)C(COC1OC(CO)C(O)C(O)C1O)NC(=O)CCCCCCCCC/C=C\CCCCCCOC(=O)CCCCCCCCCCCCC. The molecule has 7 unspecified atom stereocenters. The normalized spacial score (nSPS) is 19.7. The lowest BCUT2D eigenvalue weighted by Crippen LogP contribution is -2.60. The molecule has 0 bridgehead atoms. The Morgan fingerprint density at radius 2 is 0.956 bits per heavy atom. The van der Waals surface area contributed by atoms with Crippen molar-refractivity contribution in [1.82, 2.24) is 5.32 Å². The fourth-order valence-electron chi connectivity index (χ4n) is 8.68. The number of ether oxygens (including phenoxy) is 3. The topological polar surface area (TPSA) is 175 Å². The van der Waals surface area contributed by atoms with Crippen LogP contribution in [-0.2, 0) is 23.8 Å². The Labute approximate surface area is 415 Å². The van der Waals surface area contributed by atoms with Crippen LogP contribution in [0.3, 0.4) is 0 Å². The number of hydrogen-bond acceptors (Lipinski definition) is 10. The highest BCUT2D eigenvalue weighted by molar-refractivity contribution is 5.76. The van der Waals surface area contributed by atoms with E-state index in [1.807, 2.05) is 6.08 Å². The van der Waals surface area contributed by atoms with E-state index in [0.29, 0.717) is 19.4 Å². The Morgan fingerprint density at radius 1 is 0.529 bits per heavy atom. The Kier molecular flexibility index (Phi) is 44.4. The van der Waals surface area contributed by atoms with Crippen LogP contribution in [0.5, 0.6) is 0 Å². The monoisotopic (exact) mass is 964 g/mol. The molecule has 0 radical (unpaired) electrons. The lowest BCUT2D eigenvalue weighted by molar-refractivity contribution is -0.302. The Balaban J connectivity index is 2.19. The number of esters is 1. The molecule has 1 saturated heterocycles. The van der Waals surface area contributed by atoms with Crippen LogP contribution < -0.4 is 5.32 Å². The summed E-state index contributed by atoms with van der Waals surface area (Å²) < 4.78 is 16.7. The van der Waals surface area contributed by atoms with Crippen LogP contribution in [0.15, 0.2) is 36.5 Å². The predicted octanol–water partition coefficient (Wildman–Crippen LogP) is 12.3. The minimum absolute atomic E-state index is 0.0308. The first-order valence-electron chi connectivity index (χ1n) is 28.3. The molecular formula is C57H105NO10. The molecule has 0 aliphatic carbocycles. The summed E-state index contributed by atoms with van der Waals surface area (Å²) >= 11 is 0. The van der Waals surface area contributed by atoms with Crippen LogP contribution in [0.4, 0.5) is 0 Å². The molecule has 0 aromatic heterocycles. The molecule has 0 aromatic rings. The van der Waals surface area contributed by atoms with E-state index < -0.39 is 49.5 Å². The first kappa shape index (κ1) is 63.9. The largest absolute Gasteiger partial charge is 0.466 e. The zero-order valence-electron chi connectivity index (χ0n) is 43.6. The van der Waals surface area contributed by atoms with Crippen molar-refractivity contribution < 1.29 is 49.3 Å². The number of amides is 1. The molecule has 6 N–H and O–H groups in total. The summed E-state index contributed by atoms with van der Waals surface area (Å²) in [6, 6.07) is -0.839. The maximum Gasteiger partial charge on any atom is 0.305 e. The summed E-state index contributed by atoms with van der Waals surface area (Å²) in [7, 11) is 0. The number of rotatable bonds is 48. The van der Waals surface area contributed by atoms with Crippen LogP contribution in [0, 0.1) is 0 Å². The molecule has 1 rings (SSSR count). The number of carbonyl (C=O) groups is 2. The molecule has 11 nitrogen and oxygen atoms in total. The standard InChI is InChI=1S/C57H105NO10/c1-3-5-7-9-11-13-15-16-20-24-27-31-35-39-43-50(60)49(48-67-57-56(65)55(64)54(63)51(47-59)68-57)58-52(61)44-40-36-32-28-25-21-18-17-19-22-26-30-34-38-42-46-66-53(62)45-41-37-33-29-23-14-12-10-8-6-4-2/h19,22,24,27,39,43,49-51,54-57,59-60,63-65H,3-18,20-21,23,25-26,28-38,40-42,44-48H2,1-2H3,(H,58,61)/b22-19-,27-24+,43-39+. The average Bonchev–Trinajstić information content (AvgIpc) is 3.33. The molecule has 1 amide bonds. The van der Waals surface area contributed by atoms with Crippen molar-refractivity contribution in [2.75, 3.05) is 19.8 Å². The average molecular weight is 964 g/mol. The summed E-state index contributed by atoms with van der Waals surface area (Å²) in [6.07, 6.45) is 46.5. The molecule has 1 aliphatic rings. The third kappa shape index (κ3) is 36.8. The summed E-state index contributed by atoms with van der Waals surface area (Å²) in [4.78, 5) is 25.0. The lowest BCUT2D eigenvalue weighted by Gasteiger charge is -2.40. The Morgan fingerprint density at radius 3 is 1.46 bits per heavy atom. The third-order valence-electron chi connectivity index (χ3n) is 13.2. The number of nitrogens with one attached hydrogen (secondary N) is 1. The summed E-state index contributed by atoms with van der Waals surface area (Å²) in [6.45, 7) is 4.27. The lowest BCUT2D eigenvalue weighted by atomic mass is 9.99. The van der Waals surface area contributed by atoms with E-state index in [9.17, 15) is 35.1 Å². The van der Waals surface area contributed by atoms with E-state index in [4.69, 9.17) is 14.2 Å². The van der Waals surface area contributed by atoms with Crippen LogP contribution in [0.2, 0.25) is 0 Å². The van der Waals surface area contributed by atoms with E-state index in [-0.39, 0.29) is 18.5 Å². The van der Waals surface area contributed by atoms with E-state index in [1.54, 1.807) is 6.08 Å². The maximum atomic E-state index is 13.0.